The van der Waals surface area contributed by atoms with Gasteiger partial charge < -0.3 is 5.73 Å². The second-order valence-corrected chi connectivity index (χ2v) is 5.82. The van der Waals surface area contributed by atoms with Gasteiger partial charge in [-0.2, -0.15) is 0 Å². The summed E-state index contributed by atoms with van der Waals surface area (Å²) in [5.74, 6) is 2.88. The molecule has 0 atom stereocenters. The van der Waals surface area contributed by atoms with Gasteiger partial charge in [0.25, 0.3) is 0 Å². The summed E-state index contributed by atoms with van der Waals surface area (Å²) in [6.07, 6.45) is 4.57. The van der Waals surface area contributed by atoms with E-state index in [4.69, 9.17) is 5.73 Å². The predicted molar refractivity (Wildman–Crippen MR) is 69.1 cm³/mol. The number of hydrogen-bond acceptors (Lipinski definition) is 3. The molecule has 0 saturated heterocycles. The minimum absolute atomic E-state index is 0.583. The molecule has 0 amide bonds. The van der Waals surface area contributed by atoms with Gasteiger partial charge in [0.1, 0.15) is 11.6 Å². The molecule has 0 aliphatic heterocycles. The van der Waals surface area contributed by atoms with Gasteiger partial charge in [0.2, 0.25) is 0 Å². The van der Waals surface area contributed by atoms with Crippen molar-refractivity contribution in [2.75, 3.05) is 5.73 Å². The van der Waals surface area contributed by atoms with Gasteiger partial charge in [-0.05, 0) is 47.0 Å². The van der Waals surface area contributed by atoms with E-state index in [9.17, 15) is 0 Å². The maximum Gasteiger partial charge on any atom is 0.141 e. The third-order valence-corrected chi connectivity index (χ3v) is 3.63. The summed E-state index contributed by atoms with van der Waals surface area (Å²) in [5, 5.41) is 0. The molecular weight excluding hydrogens is 266 g/mol. The van der Waals surface area contributed by atoms with Crippen molar-refractivity contribution in [3.05, 3.63) is 16.0 Å². The summed E-state index contributed by atoms with van der Waals surface area (Å²) in [5.41, 5.74) is 6.95. The summed E-state index contributed by atoms with van der Waals surface area (Å²) < 4.78 is 0.876. The van der Waals surface area contributed by atoms with E-state index < -0.39 is 0 Å². The SMILES string of the molecule is CC(C)Cc1nc(CC2CC2)nc(N)c1Br. The molecule has 0 radical (unpaired) electrons. The molecule has 0 spiro atoms. The number of nitrogen functional groups attached to an aromatic ring is 1. The van der Waals surface area contributed by atoms with Crippen molar-refractivity contribution < 1.29 is 0 Å². The Morgan fingerprint density at radius 2 is 2.06 bits per heavy atom. The van der Waals surface area contributed by atoms with Crippen LogP contribution in [-0.4, -0.2) is 9.97 Å². The van der Waals surface area contributed by atoms with Crippen LogP contribution in [-0.2, 0) is 12.8 Å². The van der Waals surface area contributed by atoms with E-state index in [2.05, 4.69) is 39.7 Å². The molecule has 1 aliphatic rings. The fraction of sp³-hybridized carbons (Fsp3) is 0.667. The zero-order valence-electron chi connectivity index (χ0n) is 9.83. The first-order valence-electron chi connectivity index (χ1n) is 5.87. The van der Waals surface area contributed by atoms with Crippen LogP contribution in [0.1, 0.15) is 38.2 Å². The van der Waals surface area contributed by atoms with E-state index in [0.717, 1.165) is 34.8 Å². The Labute approximate surface area is 105 Å². The summed E-state index contributed by atoms with van der Waals surface area (Å²) in [6.45, 7) is 4.37. The molecule has 1 heterocycles. The predicted octanol–water partition coefficient (Wildman–Crippen LogP) is 2.97. The lowest BCUT2D eigenvalue weighted by Gasteiger charge is -2.10. The lowest BCUT2D eigenvalue weighted by molar-refractivity contribution is 0.625. The first kappa shape index (κ1) is 11.8. The van der Waals surface area contributed by atoms with E-state index in [1.54, 1.807) is 0 Å². The first-order chi connectivity index (χ1) is 7.56. The average Bonchev–Trinajstić information content (AvgIpc) is 2.96. The average molecular weight is 284 g/mol. The van der Waals surface area contributed by atoms with Gasteiger partial charge in [-0.1, -0.05) is 13.8 Å². The quantitative estimate of drug-likeness (QED) is 0.924. The molecular formula is C12H18BrN3. The zero-order chi connectivity index (χ0) is 11.7. The molecule has 1 aromatic heterocycles. The van der Waals surface area contributed by atoms with Gasteiger partial charge in [0.15, 0.2) is 0 Å². The normalized spacial score (nSPS) is 15.8. The molecule has 1 fully saturated rings. The van der Waals surface area contributed by atoms with Gasteiger partial charge >= 0.3 is 0 Å². The highest BCUT2D eigenvalue weighted by Gasteiger charge is 2.23. The Bertz CT molecular complexity index is 386. The molecule has 1 aromatic rings. The lowest BCUT2D eigenvalue weighted by Crippen LogP contribution is -2.08. The van der Waals surface area contributed by atoms with Crippen molar-refractivity contribution >= 4 is 21.7 Å². The number of hydrogen-bond donors (Lipinski definition) is 1. The largest absolute Gasteiger partial charge is 0.383 e. The van der Waals surface area contributed by atoms with Crippen LogP contribution < -0.4 is 5.73 Å². The molecule has 0 bridgehead atoms. The Morgan fingerprint density at radius 1 is 1.38 bits per heavy atom. The smallest absolute Gasteiger partial charge is 0.141 e. The van der Waals surface area contributed by atoms with Crippen molar-refractivity contribution in [2.45, 2.75) is 39.5 Å². The standard InChI is InChI=1S/C12H18BrN3/c1-7(2)5-9-11(13)12(14)16-10(15-9)6-8-3-4-8/h7-8H,3-6H2,1-2H3,(H2,14,15,16). The van der Waals surface area contributed by atoms with Crippen molar-refractivity contribution in [3.63, 3.8) is 0 Å². The van der Waals surface area contributed by atoms with Crippen LogP contribution in [0.15, 0.2) is 4.47 Å². The van der Waals surface area contributed by atoms with E-state index in [1.807, 2.05) is 0 Å². The Balaban J connectivity index is 2.22. The summed E-state index contributed by atoms with van der Waals surface area (Å²) in [4.78, 5) is 8.96. The van der Waals surface area contributed by atoms with Crippen LogP contribution in [0.3, 0.4) is 0 Å². The van der Waals surface area contributed by atoms with E-state index in [1.165, 1.54) is 12.8 Å². The molecule has 2 rings (SSSR count). The number of rotatable bonds is 4. The molecule has 0 unspecified atom stereocenters. The third kappa shape index (κ3) is 2.94. The summed E-state index contributed by atoms with van der Waals surface area (Å²) in [6, 6.07) is 0. The van der Waals surface area contributed by atoms with Crippen LogP contribution in [0.2, 0.25) is 0 Å². The van der Waals surface area contributed by atoms with Gasteiger partial charge in [-0.3, -0.25) is 0 Å². The number of aromatic nitrogens is 2. The van der Waals surface area contributed by atoms with E-state index in [0.29, 0.717) is 11.7 Å². The molecule has 1 aliphatic carbocycles. The maximum atomic E-state index is 5.90. The summed E-state index contributed by atoms with van der Waals surface area (Å²) in [7, 11) is 0. The van der Waals surface area contributed by atoms with Crippen LogP contribution in [0.4, 0.5) is 5.82 Å². The van der Waals surface area contributed by atoms with Crippen LogP contribution in [0.25, 0.3) is 0 Å². The molecule has 1 saturated carbocycles. The van der Waals surface area contributed by atoms with Crippen LogP contribution in [0, 0.1) is 11.8 Å². The summed E-state index contributed by atoms with van der Waals surface area (Å²) >= 11 is 3.47. The number of nitrogens with two attached hydrogens (primary N) is 1. The number of nitrogens with zero attached hydrogens (tertiary/aromatic N) is 2. The van der Waals surface area contributed by atoms with E-state index >= 15 is 0 Å². The highest BCUT2D eigenvalue weighted by atomic mass is 79.9. The topological polar surface area (TPSA) is 51.8 Å². The molecule has 2 N–H and O–H groups in total. The minimum atomic E-state index is 0.583. The molecule has 3 nitrogen and oxygen atoms in total. The van der Waals surface area contributed by atoms with Gasteiger partial charge in [-0.25, -0.2) is 9.97 Å². The van der Waals surface area contributed by atoms with Crippen molar-refractivity contribution in [1.29, 1.82) is 0 Å². The lowest BCUT2D eigenvalue weighted by atomic mass is 10.1. The van der Waals surface area contributed by atoms with Crippen molar-refractivity contribution in [2.24, 2.45) is 11.8 Å². The zero-order valence-corrected chi connectivity index (χ0v) is 11.4. The fourth-order valence-electron chi connectivity index (χ4n) is 1.76. The first-order valence-corrected chi connectivity index (χ1v) is 6.66. The Hall–Kier alpha value is -0.640. The van der Waals surface area contributed by atoms with Crippen LogP contribution in [0.5, 0.6) is 0 Å². The molecule has 88 valence electrons. The van der Waals surface area contributed by atoms with Crippen molar-refractivity contribution in [1.82, 2.24) is 9.97 Å². The Morgan fingerprint density at radius 3 is 2.62 bits per heavy atom. The number of halogens is 1. The second-order valence-electron chi connectivity index (χ2n) is 5.03. The van der Waals surface area contributed by atoms with Crippen LogP contribution >= 0.6 is 15.9 Å². The van der Waals surface area contributed by atoms with Gasteiger partial charge in [-0.15, -0.1) is 0 Å². The highest BCUT2D eigenvalue weighted by Crippen LogP contribution is 2.32. The Kier molecular flexibility index (Phi) is 3.47. The molecule has 4 heteroatoms. The monoisotopic (exact) mass is 283 g/mol. The molecule has 16 heavy (non-hydrogen) atoms. The van der Waals surface area contributed by atoms with E-state index in [-0.39, 0.29) is 0 Å². The van der Waals surface area contributed by atoms with Crippen molar-refractivity contribution in [3.8, 4) is 0 Å². The number of anilines is 1. The third-order valence-electron chi connectivity index (χ3n) is 2.76. The fourth-order valence-corrected chi connectivity index (χ4v) is 2.10. The van der Waals surface area contributed by atoms with Gasteiger partial charge in [0.05, 0.1) is 10.2 Å². The minimum Gasteiger partial charge on any atom is -0.383 e. The maximum absolute atomic E-state index is 5.90. The highest BCUT2D eigenvalue weighted by molar-refractivity contribution is 9.10. The van der Waals surface area contributed by atoms with Gasteiger partial charge in [0, 0.05) is 6.42 Å². The second kappa shape index (κ2) is 4.70. The molecule has 0 aromatic carbocycles.